The molecule has 106 valence electrons. The van der Waals surface area contributed by atoms with Crippen LogP contribution in [-0.4, -0.2) is 21.1 Å². The number of pyridine rings is 1. The highest BCUT2D eigenvalue weighted by atomic mass is 16.4. The number of anilines is 1. The van der Waals surface area contributed by atoms with Crippen LogP contribution in [0.25, 0.3) is 11.5 Å². The van der Waals surface area contributed by atoms with Crippen molar-refractivity contribution in [1.82, 2.24) is 15.2 Å². The standard InChI is InChI=1S/C14H12N4O3/c1-8-7-10(9(2)20-8)13-17-18-14(21-13)16-12(19)11-5-3-4-6-15-11/h3-7H,1-2H3,(H,16,18,19). The molecule has 0 aromatic carbocycles. The molecule has 7 heteroatoms. The molecule has 0 spiro atoms. The van der Waals surface area contributed by atoms with Crippen LogP contribution >= 0.6 is 0 Å². The van der Waals surface area contributed by atoms with Crippen molar-refractivity contribution in [2.75, 3.05) is 5.32 Å². The van der Waals surface area contributed by atoms with E-state index in [9.17, 15) is 4.79 Å². The van der Waals surface area contributed by atoms with Gasteiger partial charge in [-0.05, 0) is 32.0 Å². The van der Waals surface area contributed by atoms with Gasteiger partial charge in [0, 0.05) is 6.20 Å². The van der Waals surface area contributed by atoms with Crippen molar-refractivity contribution in [2.45, 2.75) is 13.8 Å². The summed E-state index contributed by atoms with van der Waals surface area (Å²) in [7, 11) is 0. The average Bonchev–Trinajstić information content (AvgIpc) is 3.06. The van der Waals surface area contributed by atoms with Crippen LogP contribution in [0.15, 0.2) is 39.3 Å². The van der Waals surface area contributed by atoms with Gasteiger partial charge in [0.05, 0.1) is 5.56 Å². The zero-order chi connectivity index (χ0) is 14.8. The molecule has 0 aliphatic heterocycles. The molecule has 21 heavy (non-hydrogen) atoms. The number of hydrogen-bond donors (Lipinski definition) is 1. The third kappa shape index (κ3) is 2.66. The van der Waals surface area contributed by atoms with Gasteiger partial charge in [0.1, 0.15) is 17.2 Å². The van der Waals surface area contributed by atoms with Crippen LogP contribution in [0.4, 0.5) is 6.01 Å². The quantitative estimate of drug-likeness (QED) is 0.794. The first-order valence-electron chi connectivity index (χ1n) is 6.27. The monoisotopic (exact) mass is 284 g/mol. The first kappa shape index (κ1) is 13.0. The van der Waals surface area contributed by atoms with E-state index in [0.29, 0.717) is 17.2 Å². The second-order valence-corrected chi connectivity index (χ2v) is 4.41. The molecule has 7 nitrogen and oxygen atoms in total. The molecule has 0 atom stereocenters. The summed E-state index contributed by atoms with van der Waals surface area (Å²) in [6, 6.07) is 6.85. The number of nitrogens with one attached hydrogen (secondary N) is 1. The van der Waals surface area contributed by atoms with E-state index in [1.807, 2.05) is 6.92 Å². The molecule has 0 radical (unpaired) electrons. The molecule has 3 heterocycles. The van der Waals surface area contributed by atoms with Gasteiger partial charge in [0.15, 0.2) is 0 Å². The zero-order valence-electron chi connectivity index (χ0n) is 11.5. The van der Waals surface area contributed by atoms with Crippen molar-refractivity contribution in [3.05, 3.63) is 47.7 Å². The minimum atomic E-state index is -0.411. The van der Waals surface area contributed by atoms with Gasteiger partial charge in [0.25, 0.3) is 11.8 Å². The van der Waals surface area contributed by atoms with E-state index in [1.54, 1.807) is 31.2 Å². The largest absolute Gasteiger partial charge is 0.466 e. The summed E-state index contributed by atoms with van der Waals surface area (Å²) in [6.07, 6.45) is 1.53. The minimum absolute atomic E-state index is 0.0129. The van der Waals surface area contributed by atoms with Crippen molar-refractivity contribution in [3.63, 3.8) is 0 Å². The molecule has 1 N–H and O–H groups in total. The topological polar surface area (TPSA) is 94.1 Å². The Morgan fingerprint density at radius 3 is 2.71 bits per heavy atom. The highest BCUT2D eigenvalue weighted by Gasteiger charge is 2.16. The van der Waals surface area contributed by atoms with Crippen LogP contribution in [0, 0.1) is 13.8 Å². The summed E-state index contributed by atoms with van der Waals surface area (Å²) < 4.78 is 10.8. The highest BCUT2D eigenvalue weighted by molar-refractivity contribution is 6.01. The van der Waals surface area contributed by atoms with Crippen LogP contribution in [0.5, 0.6) is 0 Å². The minimum Gasteiger partial charge on any atom is -0.466 e. The van der Waals surface area contributed by atoms with E-state index in [-0.39, 0.29) is 11.7 Å². The number of carbonyl (C=O) groups excluding carboxylic acids is 1. The molecule has 3 aromatic heterocycles. The predicted octanol–water partition coefficient (Wildman–Crippen LogP) is 2.59. The summed E-state index contributed by atoms with van der Waals surface area (Å²) in [5.41, 5.74) is 0.978. The summed E-state index contributed by atoms with van der Waals surface area (Å²) in [5.74, 6) is 1.31. The Hall–Kier alpha value is -2.96. The summed E-state index contributed by atoms with van der Waals surface area (Å²) >= 11 is 0. The van der Waals surface area contributed by atoms with Crippen molar-refractivity contribution >= 4 is 11.9 Å². The van der Waals surface area contributed by atoms with E-state index in [4.69, 9.17) is 8.83 Å². The van der Waals surface area contributed by atoms with Crippen LogP contribution in [0.3, 0.4) is 0 Å². The maximum atomic E-state index is 11.9. The van der Waals surface area contributed by atoms with E-state index < -0.39 is 5.91 Å². The molecule has 0 saturated carbocycles. The normalized spacial score (nSPS) is 10.6. The first-order chi connectivity index (χ1) is 10.1. The maximum absolute atomic E-state index is 11.9. The molecular formula is C14H12N4O3. The lowest BCUT2D eigenvalue weighted by Gasteiger charge is -1.98. The number of nitrogens with zero attached hydrogens (tertiary/aromatic N) is 3. The molecule has 0 aliphatic carbocycles. The fraction of sp³-hybridized carbons (Fsp3) is 0.143. The van der Waals surface area contributed by atoms with Crippen molar-refractivity contribution in [1.29, 1.82) is 0 Å². The van der Waals surface area contributed by atoms with Crippen LogP contribution < -0.4 is 5.32 Å². The molecule has 1 amide bonds. The van der Waals surface area contributed by atoms with E-state index in [1.165, 1.54) is 6.20 Å². The van der Waals surface area contributed by atoms with Crippen molar-refractivity contribution in [2.24, 2.45) is 0 Å². The van der Waals surface area contributed by atoms with Gasteiger partial charge in [-0.25, -0.2) is 0 Å². The van der Waals surface area contributed by atoms with Gasteiger partial charge in [-0.2, -0.15) is 0 Å². The lowest BCUT2D eigenvalue weighted by atomic mass is 10.2. The van der Waals surface area contributed by atoms with Crippen LogP contribution in [-0.2, 0) is 0 Å². The molecule has 3 rings (SSSR count). The van der Waals surface area contributed by atoms with Crippen LogP contribution in [0.2, 0.25) is 0 Å². The second kappa shape index (κ2) is 5.20. The van der Waals surface area contributed by atoms with Gasteiger partial charge in [-0.15, -0.1) is 5.10 Å². The highest BCUT2D eigenvalue weighted by Crippen LogP contribution is 2.26. The third-order valence-electron chi connectivity index (χ3n) is 2.81. The molecule has 0 fully saturated rings. The fourth-order valence-electron chi connectivity index (χ4n) is 1.88. The molecule has 0 unspecified atom stereocenters. The number of furan rings is 1. The van der Waals surface area contributed by atoms with Gasteiger partial charge in [-0.3, -0.25) is 15.1 Å². The fourth-order valence-corrected chi connectivity index (χ4v) is 1.88. The Kier molecular flexibility index (Phi) is 3.23. The third-order valence-corrected chi connectivity index (χ3v) is 2.81. The zero-order valence-corrected chi connectivity index (χ0v) is 11.5. The smallest absolute Gasteiger partial charge is 0.322 e. The number of amides is 1. The molecule has 3 aromatic rings. The average molecular weight is 284 g/mol. The van der Waals surface area contributed by atoms with E-state index in [0.717, 1.165) is 5.76 Å². The van der Waals surface area contributed by atoms with E-state index in [2.05, 4.69) is 20.5 Å². The Labute approximate surface area is 120 Å². The van der Waals surface area contributed by atoms with Gasteiger partial charge >= 0.3 is 6.01 Å². The SMILES string of the molecule is Cc1cc(-c2nnc(NC(=O)c3ccccn3)o2)c(C)o1. The second-order valence-electron chi connectivity index (χ2n) is 4.41. The van der Waals surface area contributed by atoms with Crippen molar-refractivity contribution in [3.8, 4) is 11.5 Å². The Morgan fingerprint density at radius 2 is 2.05 bits per heavy atom. The lowest BCUT2D eigenvalue weighted by molar-refractivity contribution is 0.101. The number of rotatable bonds is 3. The molecule has 0 bridgehead atoms. The first-order valence-corrected chi connectivity index (χ1v) is 6.27. The maximum Gasteiger partial charge on any atom is 0.322 e. The lowest BCUT2D eigenvalue weighted by Crippen LogP contribution is -2.13. The Bertz CT molecular complexity index is 777. The number of carbonyl (C=O) groups is 1. The number of aryl methyl sites for hydroxylation is 2. The molecule has 0 aliphatic rings. The Balaban J connectivity index is 1.80. The van der Waals surface area contributed by atoms with Gasteiger partial charge in [0.2, 0.25) is 0 Å². The number of aromatic nitrogens is 3. The molecule has 0 saturated heterocycles. The summed E-state index contributed by atoms with van der Waals surface area (Å²) in [4.78, 5) is 15.9. The van der Waals surface area contributed by atoms with Crippen LogP contribution in [0.1, 0.15) is 22.0 Å². The summed E-state index contributed by atoms with van der Waals surface area (Å²) in [6.45, 7) is 3.63. The number of hydrogen-bond acceptors (Lipinski definition) is 6. The summed E-state index contributed by atoms with van der Waals surface area (Å²) in [5, 5.41) is 10.2. The van der Waals surface area contributed by atoms with Gasteiger partial charge in [-0.1, -0.05) is 11.2 Å². The van der Waals surface area contributed by atoms with Crippen molar-refractivity contribution < 1.29 is 13.6 Å². The van der Waals surface area contributed by atoms with Gasteiger partial charge < -0.3 is 8.83 Å². The Morgan fingerprint density at radius 1 is 1.19 bits per heavy atom. The predicted molar refractivity (Wildman–Crippen MR) is 73.7 cm³/mol. The molecular weight excluding hydrogens is 272 g/mol. The van der Waals surface area contributed by atoms with E-state index >= 15 is 0 Å².